The highest BCUT2D eigenvalue weighted by Crippen LogP contribution is 2.16. The van der Waals surface area contributed by atoms with Crippen molar-refractivity contribution in [3.63, 3.8) is 0 Å². The van der Waals surface area contributed by atoms with Crippen molar-refractivity contribution in [1.29, 1.82) is 0 Å². The predicted molar refractivity (Wildman–Crippen MR) is 85.1 cm³/mol. The van der Waals surface area contributed by atoms with E-state index >= 15 is 0 Å². The molecule has 120 valence electrons. The van der Waals surface area contributed by atoms with Crippen molar-refractivity contribution in [2.45, 2.75) is 12.6 Å². The average molecular weight is 316 g/mol. The Kier molecular flexibility index (Phi) is 4.16. The number of ether oxygens (including phenoxy) is 1. The molecule has 5 nitrogen and oxygen atoms in total. The lowest BCUT2D eigenvalue weighted by Gasteiger charge is -2.13. The van der Waals surface area contributed by atoms with Crippen molar-refractivity contribution in [1.82, 2.24) is 9.13 Å². The lowest BCUT2D eigenvalue weighted by molar-refractivity contribution is 0.0905. The fourth-order valence-corrected chi connectivity index (χ4v) is 2.55. The molecular formula is C17H17FN2O3. The molecule has 0 saturated carbocycles. The number of imidazole rings is 1. The van der Waals surface area contributed by atoms with E-state index < -0.39 is 11.9 Å². The molecule has 1 N–H and O–H groups in total. The van der Waals surface area contributed by atoms with E-state index in [4.69, 9.17) is 4.74 Å². The average Bonchev–Trinajstić information content (AvgIpc) is 2.80. The quantitative estimate of drug-likeness (QED) is 0.782. The summed E-state index contributed by atoms with van der Waals surface area (Å²) in [5, 5.41) is 10.1. The predicted octanol–water partition coefficient (Wildman–Crippen LogP) is 1.92. The van der Waals surface area contributed by atoms with Crippen LogP contribution < -0.4 is 10.4 Å². The summed E-state index contributed by atoms with van der Waals surface area (Å²) in [6.07, 6.45) is -0.932. The van der Waals surface area contributed by atoms with Gasteiger partial charge in [0.25, 0.3) is 0 Å². The number of aliphatic hydroxyl groups excluding tert-OH is 1. The van der Waals surface area contributed by atoms with E-state index in [2.05, 4.69) is 0 Å². The Morgan fingerprint density at radius 3 is 2.52 bits per heavy atom. The van der Waals surface area contributed by atoms with E-state index in [0.717, 1.165) is 11.0 Å². The van der Waals surface area contributed by atoms with Crippen molar-refractivity contribution in [2.75, 3.05) is 6.61 Å². The smallest absolute Gasteiger partial charge is 0.328 e. The summed E-state index contributed by atoms with van der Waals surface area (Å²) >= 11 is 0. The first-order chi connectivity index (χ1) is 11.1. The molecule has 3 rings (SSSR count). The molecule has 0 aliphatic carbocycles. The van der Waals surface area contributed by atoms with Gasteiger partial charge >= 0.3 is 5.69 Å². The van der Waals surface area contributed by atoms with Gasteiger partial charge in [0.15, 0.2) is 11.6 Å². The lowest BCUT2D eigenvalue weighted by atomic mass is 10.3. The second-order valence-electron chi connectivity index (χ2n) is 5.34. The maximum Gasteiger partial charge on any atom is 0.328 e. The number of para-hydroxylation sites is 3. The standard InChI is InChI=1S/C17H17FN2O3/c1-19-14-7-3-4-8-15(14)20(17(19)22)10-12(21)11-23-16-9-5-2-6-13(16)18/h2-9,12,21H,10-11H2,1H3/t12-/m0/s1. The molecule has 1 aromatic heterocycles. The maximum absolute atomic E-state index is 13.5. The molecule has 6 heteroatoms. The van der Waals surface area contributed by atoms with Crippen LogP contribution >= 0.6 is 0 Å². The van der Waals surface area contributed by atoms with Crippen LogP contribution in [-0.4, -0.2) is 27.0 Å². The van der Waals surface area contributed by atoms with E-state index in [-0.39, 0.29) is 24.6 Å². The number of hydrogen-bond acceptors (Lipinski definition) is 3. The zero-order valence-corrected chi connectivity index (χ0v) is 12.6. The van der Waals surface area contributed by atoms with E-state index in [1.165, 1.54) is 21.3 Å². The molecule has 1 atom stereocenters. The van der Waals surface area contributed by atoms with Gasteiger partial charge in [-0.25, -0.2) is 9.18 Å². The Morgan fingerprint density at radius 2 is 1.78 bits per heavy atom. The zero-order valence-electron chi connectivity index (χ0n) is 12.6. The van der Waals surface area contributed by atoms with Gasteiger partial charge in [-0.2, -0.15) is 0 Å². The van der Waals surface area contributed by atoms with E-state index in [9.17, 15) is 14.3 Å². The van der Waals surface area contributed by atoms with Gasteiger partial charge in [-0.05, 0) is 24.3 Å². The molecule has 0 fully saturated rings. The Balaban J connectivity index is 1.76. The van der Waals surface area contributed by atoms with Gasteiger partial charge in [-0.3, -0.25) is 9.13 Å². The molecule has 0 amide bonds. The minimum atomic E-state index is -0.932. The molecule has 0 saturated heterocycles. The molecule has 0 unspecified atom stereocenters. The SMILES string of the molecule is Cn1c(=O)n(C[C@H](O)COc2ccccc2F)c2ccccc21. The molecule has 0 aliphatic rings. The molecule has 0 aliphatic heterocycles. The summed E-state index contributed by atoms with van der Waals surface area (Å²) in [6.45, 7) is -0.0226. The van der Waals surface area contributed by atoms with Crippen LogP contribution in [0.25, 0.3) is 11.0 Å². The minimum absolute atomic E-state index is 0.0780. The highest BCUT2D eigenvalue weighted by molar-refractivity contribution is 5.75. The molecule has 0 radical (unpaired) electrons. The first kappa shape index (κ1) is 15.3. The molecule has 0 bridgehead atoms. The van der Waals surface area contributed by atoms with E-state index in [1.807, 2.05) is 24.3 Å². The highest BCUT2D eigenvalue weighted by Gasteiger charge is 2.15. The van der Waals surface area contributed by atoms with Gasteiger partial charge in [-0.1, -0.05) is 24.3 Å². The third kappa shape index (κ3) is 2.98. The van der Waals surface area contributed by atoms with Crippen LogP contribution in [0.15, 0.2) is 53.3 Å². The number of aryl methyl sites for hydroxylation is 1. The molecule has 1 heterocycles. The summed E-state index contributed by atoms with van der Waals surface area (Å²) in [6, 6.07) is 13.3. The topological polar surface area (TPSA) is 56.4 Å². The Morgan fingerprint density at radius 1 is 1.13 bits per heavy atom. The summed E-state index contributed by atoms with van der Waals surface area (Å²) in [7, 11) is 1.68. The van der Waals surface area contributed by atoms with E-state index in [1.54, 1.807) is 19.2 Å². The Hall–Kier alpha value is -2.60. The number of halogens is 1. The van der Waals surface area contributed by atoms with Crippen molar-refractivity contribution < 1.29 is 14.2 Å². The number of aliphatic hydroxyl groups is 1. The summed E-state index contributed by atoms with van der Waals surface area (Å²) in [4.78, 5) is 12.3. The number of benzene rings is 2. The normalized spacial score (nSPS) is 12.5. The van der Waals surface area contributed by atoms with Crippen LogP contribution in [0.5, 0.6) is 5.75 Å². The molecule has 23 heavy (non-hydrogen) atoms. The van der Waals surface area contributed by atoms with Crippen LogP contribution in [0.3, 0.4) is 0 Å². The van der Waals surface area contributed by atoms with Crippen molar-refractivity contribution in [3.05, 3.63) is 64.8 Å². The number of rotatable bonds is 5. The number of hydrogen-bond donors (Lipinski definition) is 1. The van der Waals surface area contributed by atoms with Crippen LogP contribution in [0.4, 0.5) is 4.39 Å². The van der Waals surface area contributed by atoms with Crippen molar-refractivity contribution in [3.8, 4) is 5.75 Å². The van der Waals surface area contributed by atoms with Gasteiger partial charge in [0.1, 0.15) is 12.7 Å². The first-order valence-corrected chi connectivity index (χ1v) is 7.27. The number of fused-ring (bicyclic) bond motifs is 1. The van der Waals surface area contributed by atoms with Crippen LogP contribution in [0.1, 0.15) is 0 Å². The fraction of sp³-hybridized carbons (Fsp3) is 0.235. The number of aromatic nitrogens is 2. The molecule has 0 spiro atoms. The summed E-state index contributed by atoms with van der Waals surface area (Å²) in [5.41, 5.74) is 1.32. The first-order valence-electron chi connectivity index (χ1n) is 7.27. The zero-order chi connectivity index (χ0) is 16.4. The summed E-state index contributed by atoms with van der Waals surface area (Å²) < 4.78 is 21.8. The molecule has 3 aromatic rings. The minimum Gasteiger partial charge on any atom is -0.488 e. The fourth-order valence-electron chi connectivity index (χ4n) is 2.55. The highest BCUT2D eigenvalue weighted by atomic mass is 19.1. The monoisotopic (exact) mass is 316 g/mol. The van der Waals surface area contributed by atoms with Crippen LogP contribution in [0, 0.1) is 5.82 Å². The Labute approximate surface area is 132 Å². The third-order valence-corrected chi connectivity index (χ3v) is 3.71. The van der Waals surface area contributed by atoms with Crippen molar-refractivity contribution in [2.24, 2.45) is 7.05 Å². The second kappa shape index (κ2) is 6.26. The van der Waals surface area contributed by atoms with Gasteiger partial charge in [0.2, 0.25) is 0 Å². The van der Waals surface area contributed by atoms with Gasteiger partial charge in [0.05, 0.1) is 17.6 Å². The van der Waals surface area contributed by atoms with Crippen LogP contribution in [-0.2, 0) is 13.6 Å². The van der Waals surface area contributed by atoms with Gasteiger partial charge in [0, 0.05) is 7.05 Å². The maximum atomic E-state index is 13.5. The van der Waals surface area contributed by atoms with Gasteiger partial charge in [-0.15, -0.1) is 0 Å². The molecular weight excluding hydrogens is 299 g/mol. The second-order valence-corrected chi connectivity index (χ2v) is 5.34. The van der Waals surface area contributed by atoms with Gasteiger partial charge < -0.3 is 9.84 Å². The molecule has 2 aromatic carbocycles. The van der Waals surface area contributed by atoms with Crippen LogP contribution in [0.2, 0.25) is 0 Å². The third-order valence-electron chi connectivity index (χ3n) is 3.71. The largest absolute Gasteiger partial charge is 0.488 e. The summed E-state index contributed by atoms with van der Waals surface area (Å²) in [5.74, 6) is -0.404. The van der Waals surface area contributed by atoms with Crippen molar-refractivity contribution >= 4 is 11.0 Å². The Bertz CT molecular complexity index is 885. The lowest BCUT2D eigenvalue weighted by Crippen LogP contribution is -2.30. The van der Waals surface area contributed by atoms with E-state index in [0.29, 0.717) is 0 Å². The number of nitrogens with zero attached hydrogens (tertiary/aromatic N) is 2.